The second kappa shape index (κ2) is 9.89. The maximum absolute atomic E-state index is 13.4. The molecule has 2 aromatic rings. The Balaban J connectivity index is 1.70. The summed E-state index contributed by atoms with van der Waals surface area (Å²) in [5.41, 5.74) is 1.25. The summed E-state index contributed by atoms with van der Waals surface area (Å²) in [7, 11) is 0. The van der Waals surface area contributed by atoms with Gasteiger partial charge in [0.15, 0.2) is 0 Å². The number of morpholine rings is 1. The zero-order valence-corrected chi connectivity index (χ0v) is 19.3. The van der Waals surface area contributed by atoms with Gasteiger partial charge in [0.2, 0.25) is 5.91 Å². The summed E-state index contributed by atoms with van der Waals surface area (Å²) in [6, 6.07) is 8.16. The number of rotatable bonds is 6. The van der Waals surface area contributed by atoms with Crippen LogP contribution in [-0.2, 0) is 9.53 Å². The molecule has 8 heteroatoms. The fourth-order valence-corrected chi connectivity index (χ4v) is 4.35. The first-order valence-corrected chi connectivity index (χ1v) is 11.2. The summed E-state index contributed by atoms with van der Waals surface area (Å²) in [5, 5.41) is 6.58. The van der Waals surface area contributed by atoms with Gasteiger partial charge in [-0.1, -0.05) is 32.9 Å². The number of benzene rings is 1. The fourth-order valence-electron chi connectivity index (χ4n) is 3.37. The first kappa shape index (κ1) is 23.4. The van der Waals surface area contributed by atoms with E-state index in [1.807, 2.05) is 33.8 Å². The quantitative estimate of drug-likeness (QED) is 0.703. The van der Waals surface area contributed by atoms with Crippen molar-refractivity contribution in [3.63, 3.8) is 0 Å². The molecule has 0 unspecified atom stereocenters. The lowest BCUT2D eigenvalue weighted by Crippen LogP contribution is -2.43. The van der Waals surface area contributed by atoms with Crippen LogP contribution in [0.4, 0.5) is 9.39 Å². The summed E-state index contributed by atoms with van der Waals surface area (Å²) in [6.45, 7) is 10.5. The van der Waals surface area contributed by atoms with Crippen molar-refractivity contribution in [1.29, 1.82) is 0 Å². The van der Waals surface area contributed by atoms with E-state index in [1.54, 1.807) is 12.1 Å². The van der Waals surface area contributed by atoms with Crippen molar-refractivity contribution in [2.45, 2.75) is 33.7 Å². The second-order valence-corrected chi connectivity index (χ2v) is 9.80. The number of anilines is 1. The molecule has 1 aliphatic rings. The molecular weight excluding hydrogens is 417 g/mol. The molecule has 2 heterocycles. The Morgan fingerprint density at radius 2 is 1.84 bits per heavy atom. The molecule has 0 radical (unpaired) electrons. The molecule has 31 heavy (non-hydrogen) atoms. The molecule has 0 spiro atoms. The SMILES string of the molecule is Cc1cc(NC(=O)C(C)(C)C)sc1C(=O)NC[C@H](c1ccc(F)cc1)N1CCOCC1. The molecule has 0 bridgehead atoms. The van der Waals surface area contributed by atoms with E-state index in [9.17, 15) is 14.0 Å². The van der Waals surface area contributed by atoms with E-state index in [1.165, 1.54) is 23.5 Å². The number of nitrogens with one attached hydrogen (secondary N) is 2. The molecule has 1 aromatic heterocycles. The van der Waals surface area contributed by atoms with E-state index in [0.29, 0.717) is 29.6 Å². The number of ether oxygens (including phenoxy) is 1. The minimum atomic E-state index is -0.513. The topological polar surface area (TPSA) is 70.7 Å². The first-order chi connectivity index (χ1) is 14.6. The summed E-state index contributed by atoms with van der Waals surface area (Å²) in [5.74, 6) is -0.559. The van der Waals surface area contributed by atoms with Gasteiger partial charge in [-0.25, -0.2) is 4.39 Å². The van der Waals surface area contributed by atoms with Crippen molar-refractivity contribution in [1.82, 2.24) is 10.2 Å². The Hall–Kier alpha value is -2.29. The van der Waals surface area contributed by atoms with Crippen LogP contribution in [0, 0.1) is 18.2 Å². The average Bonchev–Trinajstić information content (AvgIpc) is 3.09. The molecule has 2 amide bonds. The van der Waals surface area contributed by atoms with E-state index >= 15 is 0 Å². The van der Waals surface area contributed by atoms with Gasteiger partial charge in [0.25, 0.3) is 5.91 Å². The number of halogens is 1. The number of amides is 2. The molecule has 1 atom stereocenters. The monoisotopic (exact) mass is 447 g/mol. The van der Waals surface area contributed by atoms with E-state index in [0.717, 1.165) is 24.2 Å². The summed E-state index contributed by atoms with van der Waals surface area (Å²) in [6.07, 6.45) is 0. The number of aryl methyl sites for hydroxylation is 1. The lowest BCUT2D eigenvalue weighted by Gasteiger charge is -2.35. The van der Waals surface area contributed by atoms with Gasteiger partial charge < -0.3 is 15.4 Å². The molecule has 0 saturated carbocycles. The van der Waals surface area contributed by atoms with Crippen molar-refractivity contribution in [3.05, 3.63) is 52.2 Å². The van der Waals surface area contributed by atoms with E-state index in [-0.39, 0.29) is 23.7 Å². The van der Waals surface area contributed by atoms with Crippen LogP contribution in [0.15, 0.2) is 30.3 Å². The Morgan fingerprint density at radius 1 is 1.19 bits per heavy atom. The molecule has 3 rings (SSSR count). The number of hydrogen-bond acceptors (Lipinski definition) is 5. The third kappa shape index (κ3) is 6.12. The van der Waals surface area contributed by atoms with Gasteiger partial charge in [0.05, 0.1) is 29.1 Å². The normalized spacial score (nSPS) is 16.0. The summed E-state index contributed by atoms with van der Waals surface area (Å²) < 4.78 is 18.9. The zero-order chi connectivity index (χ0) is 22.6. The third-order valence-electron chi connectivity index (χ3n) is 5.24. The van der Waals surface area contributed by atoms with Crippen LogP contribution < -0.4 is 10.6 Å². The zero-order valence-electron chi connectivity index (χ0n) is 18.5. The van der Waals surface area contributed by atoms with Gasteiger partial charge in [0.1, 0.15) is 5.82 Å². The predicted octanol–water partition coefficient (Wildman–Crippen LogP) is 3.98. The second-order valence-electron chi connectivity index (χ2n) is 8.75. The number of nitrogens with zero attached hydrogens (tertiary/aromatic N) is 1. The Labute approximate surface area is 186 Å². The minimum absolute atomic E-state index is 0.0752. The maximum Gasteiger partial charge on any atom is 0.261 e. The van der Waals surface area contributed by atoms with Crippen LogP contribution >= 0.6 is 11.3 Å². The summed E-state index contributed by atoms with van der Waals surface area (Å²) in [4.78, 5) is 28.0. The molecule has 0 aliphatic carbocycles. The number of carbonyl (C=O) groups is 2. The van der Waals surface area contributed by atoms with Gasteiger partial charge in [0, 0.05) is 25.0 Å². The lowest BCUT2D eigenvalue weighted by atomic mass is 9.96. The Morgan fingerprint density at radius 3 is 2.45 bits per heavy atom. The van der Waals surface area contributed by atoms with Crippen molar-refractivity contribution in [2.24, 2.45) is 5.41 Å². The highest BCUT2D eigenvalue weighted by Gasteiger charge is 2.25. The standard InChI is InChI=1S/C23H30FN3O3S/c1-15-13-19(26-22(29)23(2,3)4)31-20(15)21(28)25-14-18(27-9-11-30-12-10-27)16-5-7-17(24)8-6-16/h5-8,13,18H,9-12,14H2,1-4H3,(H,25,28)(H,26,29)/t18-/m1/s1. The largest absolute Gasteiger partial charge is 0.379 e. The molecular formula is C23H30FN3O3S. The maximum atomic E-state index is 13.4. The molecule has 1 aliphatic heterocycles. The van der Waals surface area contributed by atoms with Gasteiger partial charge in [-0.2, -0.15) is 0 Å². The molecule has 2 N–H and O–H groups in total. The molecule has 1 saturated heterocycles. The van der Waals surface area contributed by atoms with Crippen molar-refractivity contribution < 1.29 is 18.7 Å². The predicted molar refractivity (Wildman–Crippen MR) is 121 cm³/mol. The van der Waals surface area contributed by atoms with E-state index in [2.05, 4.69) is 15.5 Å². The van der Waals surface area contributed by atoms with Crippen LogP contribution in [-0.4, -0.2) is 49.6 Å². The third-order valence-corrected chi connectivity index (χ3v) is 6.39. The van der Waals surface area contributed by atoms with Gasteiger partial charge in [-0.05, 0) is 36.2 Å². The highest BCUT2D eigenvalue weighted by atomic mass is 32.1. The van der Waals surface area contributed by atoms with E-state index in [4.69, 9.17) is 4.74 Å². The Kier molecular flexibility index (Phi) is 7.46. The van der Waals surface area contributed by atoms with Crippen LogP contribution in [0.3, 0.4) is 0 Å². The molecule has 6 nitrogen and oxygen atoms in total. The first-order valence-electron chi connectivity index (χ1n) is 10.4. The van der Waals surface area contributed by atoms with Gasteiger partial charge >= 0.3 is 0 Å². The summed E-state index contributed by atoms with van der Waals surface area (Å²) >= 11 is 1.27. The van der Waals surface area contributed by atoms with Crippen LogP contribution in [0.25, 0.3) is 0 Å². The number of thiophene rings is 1. The van der Waals surface area contributed by atoms with Crippen molar-refractivity contribution >= 4 is 28.2 Å². The molecule has 168 valence electrons. The number of hydrogen-bond donors (Lipinski definition) is 2. The number of carbonyl (C=O) groups excluding carboxylic acids is 2. The smallest absolute Gasteiger partial charge is 0.261 e. The highest BCUT2D eigenvalue weighted by Crippen LogP contribution is 2.29. The van der Waals surface area contributed by atoms with Crippen molar-refractivity contribution in [3.8, 4) is 0 Å². The van der Waals surface area contributed by atoms with Crippen LogP contribution in [0.1, 0.15) is 47.6 Å². The van der Waals surface area contributed by atoms with Crippen molar-refractivity contribution in [2.75, 3.05) is 38.2 Å². The lowest BCUT2D eigenvalue weighted by molar-refractivity contribution is -0.123. The molecule has 1 fully saturated rings. The van der Waals surface area contributed by atoms with Gasteiger partial charge in [-0.15, -0.1) is 11.3 Å². The average molecular weight is 448 g/mol. The highest BCUT2D eigenvalue weighted by molar-refractivity contribution is 7.18. The van der Waals surface area contributed by atoms with Crippen LogP contribution in [0.2, 0.25) is 0 Å². The Bertz CT molecular complexity index is 915. The van der Waals surface area contributed by atoms with Crippen LogP contribution in [0.5, 0.6) is 0 Å². The molecule has 1 aromatic carbocycles. The fraction of sp³-hybridized carbons (Fsp3) is 0.478. The van der Waals surface area contributed by atoms with E-state index < -0.39 is 5.41 Å². The minimum Gasteiger partial charge on any atom is -0.379 e. The van der Waals surface area contributed by atoms with Gasteiger partial charge in [-0.3, -0.25) is 14.5 Å².